The van der Waals surface area contributed by atoms with Crippen molar-refractivity contribution in [2.75, 3.05) is 6.61 Å². The second kappa shape index (κ2) is 5.58. The minimum absolute atomic E-state index is 0.0816. The lowest BCUT2D eigenvalue weighted by atomic mass is 10.2. The summed E-state index contributed by atoms with van der Waals surface area (Å²) in [5.74, 6) is -0.410. The topological polar surface area (TPSA) is 90.1 Å². The average Bonchev–Trinajstić information content (AvgIpc) is 2.97. The van der Waals surface area contributed by atoms with Gasteiger partial charge in [0.2, 0.25) is 0 Å². The number of hydrogen-bond donors (Lipinski definition) is 1. The molecule has 0 atom stereocenters. The molecule has 2 aromatic heterocycles. The van der Waals surface area contributed by atoms with E-state index in [4.69, 9.17) is 9.84 Å². The van der Waals surface area contributed by atoms with Crippen molar-refractivity contribution in [2.24, 2.45) is 0 Å². The molecule has 3 rings (SSSR count). The van der Waals surface area contributed by atoms with E-state index in [2.05, 4.69) is 15.3 Å². The van der Waals surface area contributed by atoms with Crippen LogP contribution in [0.4, 0.5) is 0 Å². The normalized spacial score (nSPS) is 10.7. The predicted octanol–water partition coefficient (Wildman–Crippen LogP) is 1.60. The number of carboxylic acid groups (broad SMARTS) is 1. The van der Waals surface area contributed by atoms with E-state index < -0.39 is 5.97 Å². The van der Waals surface area contributed by atoms with Crippen molar-refractivity contribution in [2.45, 2.75) is 6.54 Å². The van der Waals surface area contributed by atoms with Crippen molar-refractivity contribution in [1.29, 1.82) is 0 Å². The van der Waals surface area contributed by atoms with Crippen LogP contribution in [-0.2, 0) is 6.54 Å². The lowest BCUT2D eigenvalue weighted by molar-refractivity contribution is 0.0690. The fourth-order valence-electron chi connectivity index (χ4n) is 1.95. The number of rotatable bonds is 5. The number of fused-ring (bicyclic) bond motifs is 1. The minimum Gasteiger partial charge on any atom is -0.489 e. The van der Waals surface area contributed by atoms with E-state index >= 15 is 0 Å². The first-order valence-electron chi connectivity index (χ1n) is 6.34. The largest absolute Gasteiger partial charge is 0.489 e. The molecule has 0 aliphatic heterocycles. The Kier molecular flexibility index (Phi) is 3.46. The fourth-order valence-corrected chi connectivity index (χ4v) is 1.95. The van der Waals surface area contributed by atoms with E-state index in [1.54, 1.807) is 6.20 Å². The number of hydrogen-bond acceptors (Lipinski definition) is 5. The smallest absolute Gasteiger partial charge is 0.358 e. The fraction of sp³-hybridized carbons (Fsp3) is 0.143. The highest BCUT2D eigenvalue weighted by molar-refractivity contribution is 5.84. The predicted molar refractivity (Wildman–Crippen MR) is 74.2 cm³/mol. The van der Waals surface area contributed by atoms with Gasteiger partial charge in [0.05, 0.1) is 12.7 Å². The number of pyridine rings is 1. The van der Waals surface area contributed by atoms with E-state index in [1.165, 1.54) is 10.9 Å². The molecule has 0 amide bonds. The van der Waals surface area contributed by atoms with Crippen molar-refractivity contribution in [3.63, 3.8) is 0 Å². The van der Waals surface area contributed by atoms with E-state index in [1.807, 2.05) is 30.3 Å². The van der Waals surface area contributed by atoms with Crippen LogP contribution in [0, 0.1) is 0 Å². The van der Waals surface area contributed by atoms with Gasteiger partial charge in [0.25, 0.3) is 0 Å². The standard InChI is InChI=1S/C14H12N4O3/c19-14(20)11-9-18(17-16-11)7-8-21-12-5-1-3-10-4-2-6-15-13(10)12/h1-6,9H,7-8H2,(H,19,20). The van der Waals surface area contributed by atoms with Gasteiger partial charge in [-0.15, -0.1) is 5.10 Å². The van der Waals surface area contributed by atoms with Crippen LogP contribution in [0.15, 0.2) is 42.7 Å². The summed E-state index contributed by atoms with van der Waals surface area (Å²) in [6.07, 6.45) is 3.08. The summed E-state index contributed by atoms with van der Waals surface area (Å²) in [4.78, 5) is 15.0. The number of aromatic nitrogens is 4. The quantitative estimate of drug-likeness (QED) is 0.765. The van der Waals surface area contributed by atoms with Crippen LogP contribution in [0.3, 0.4) is 0 Å². The van der Waals surface area contributed by atoms with E-state index in [-0.39, 0.29) is 5.69 Å². The first-order chi connectivity index (χ1) is 10.2. The maximum atomic E-state index is 10.7. The Balaban J connectivity index is 1.68. The van der Waals surface area contributed by atoms with Crippen molar-refractivity contribution in [1.82, 2.24) is 20.0 Å². The van der Waals surface area contributed by atoms with Crippen molar-refractivity contribution in [3.8, 4) is 5.75 Å². The minimum atomic E-state index is -1.10. The molecule has 106 valence electrons. The highest BCUT2D eigenvalue weighted by atomic mass is 16.5. The molecular formula is C14H12N4O3. The van der Waals surface area contributed by atoms with Crippen molar-refractivity contribution < 1.29 is 14.6 Å². The zero-order valence-electron chi connectivity index (χ0n) is 11.0. The first-order valence-corrected chi connectivity index (χ1v) is 6.34. The number of nitrogens with zero attached hydrogens (tertiary/aromatic N) is 4. The Hall–Kier alpha value is -2.96. The van der Waals surface area contributed by atoms with Gasteiger partial charge in [0.15, 0.2) is 5.69 Å². The van der Waals surface area contributed by atoms with Gasteiger partial charge >= 0.3 is 5.97 Å². The van der Waals surface area contributed by atoms with Gasteiger partial charge in [-0.05, 0) is 12.1 Å². The third kappa shape index (κ3) is 2.81. The van der Waals surface area contributed by atoms with Gasteiger partial charge in [-0.25, -0.2) is 9.48 Å². The molecule has 7 heteroatoms. The van der Waals surface area contributed by atoms with Crippen LogP contribution in [0.5, 0.6) is 5.75 Å². The van der Waals surface area contributed by atoms with Crippen molar-refractivity contribution >= 4 is 16.9 Å². The van der Waals surface area contributed by atoms with Crippen LogP contribution >= 0.6 is 0 Å². The molecule has 21 heavy (non-hydrogen) atoms. The maximum Gasteiger partial charge on any atom is 0.358 e. The molecule has 0 saturated carbocycles. The molecule has 0 unspecified atom stereocenters. The molecule has 0 fully saturated rings. The summed E-state index contributed by atoms with van der Waals surface area (Å²) in [6, 6.07) is 9.54. The Morgan fingerprint density at radius 3 is 2.95 bits per heavy atom. The highest BCUT2D eigenvalue weighted by Crippen LogP contribution is 2.22. The molecule has 1 N–H and O–H groups in total. The number of carbonyl (C=O) groups is 1. The van der Waals surface area contributed by atoms with Gasteiger partial charge in [-0.1, -0.05) is 23.4 Å². The van der Waals surface area contributed by atoms with Gasteiger partial charge < -0.3 is 9.84 Å². The third-order valence-electron chi connectivity index (χ3n) is 2.93. The molecule has 2 heterocycles. The summed E-state index contributed by atoms with van der Waals surface area (Å²) in [5, 5.41) is 17.0. The highest BCUT2D eigenvalue weighted by Gasteiger charge is 2.08. The first kappa shape index (κ1) is 13.0. The number of benzene rings is 1. The lowest BCUT2D eigenvalue weighted by Crippen LogP contribution is -2.09. The van der Waals surface area contributed by atoms with Crippen LogP contribution in [0.2, 0.25) is 0 Å². The second-order valence-electron chi connectivity index (χ2n) is 4.35. The molecule has 1 aromatic carbocycles. The summed E-state index contributed by atoms with van der Waals surface area (Å²) in [6.45, 7) is 0.752. The summed E-state index contributed by atoms with van der Waals surface area (Å²) < 4.78 is 7.13. The monoisotopic (exact) mass is 284 g/mol. The van der Waals surface area contributed by atoms with Gasteiger partial charge in [-0.2, -0.15) is 0 Å². The van der Waals surface area contributed by atoms with Gasteiger partial charge in [0.1, 0.15) is 17.9 Å². The third-order valence-corrected chi connectivity index (χ3v) is 2.93. The second-order valence-corrected chi connectivity index (χ2v) is 4.35. The van der Waals surface area contributed by atoms with Crippen LogP contribution in [0.25, 0.3) is 10.9 Å². The molecule has 0 aliphatic carbocycles. The van der Waals surface area contributed by atoms with E-state index in [9.17, 15) is 4.79 Å². The molecule has 0 spiro atoms. The van der Waals surface area contributed by atoms with Crippen molar-refractivity contribution in [3.05, 3.63) is 48.4 Å². The molecule has 3 aromatic rings. The maximum absolute atomic E-state index is 10.7. The Labute approximate surface area is 119 Å². The number of carboxylic acids is 1. The van der Waals surface area contributed by atoms with E-state index in [0.717, 1.165) is 10.9 Å². The number of para-hydroxylation sites is 1. The molecular weight excluding hydrogens is 272 g/mol. The van der Waals surface area contributed by atoms with Crippen LogP contribution < -0.4 is 4.74 Å². The molecule has 0 bridgehead atoms. The Bertz CT molecular complexity index is 779. The molecule has 0 saturated heterocycles. The molecule has 0 radical (unpaired) electrons. The molecule has 0 aliphatic rings. The Morgan fingerprint density at radius 1 is 1.29 bits per heavy atom. The SMILES string of the molecule is O=C(O)c1cn(CCOc2cccc3cccnc23)nn1. The van der Waals surface area contributed by atoms with Gasteiger partial charge in [0, 0.05) is 11.6 Å². The summed E-state index contributed by atoms with van der Waals surface area (Å²) in [7, 11) is 0. The Morgan fingerprint density at radius 2 is 2.14 bits per heavy atom. The zero-order chi connectivity index (χ0) is 14.7. The summed E-state index contributed by atoms with van der Waals surface area (Å²) in [5.41, 5.74) is 0.714. The van der Waals surface area contributed by atoms with Gasteiger partial charge in [-0.3, -0.25) is 4.98 Å². The van der Waals surface area contributed by atoms with Crippen LogP contribution in [-0.4, -0.2) is 37.7 Å². The molecule has 7 nitrogen and oxygen atoms in total. The van der Waals surface area contributed by atoms with E-state index in [0.29, 0.717) is 18.9 Å². The zero-order valence-corrected chi connectivity index (χ0v) is 11.0. The number of aromatic carboxylic acids is 1. The van der Waals surface area contributed by atoms with Crippen LogP contribution in [0.1, 0.15) is 10.5 Å². The average molecular weight is 284 g/mol. The summed E-state index contributed by atoms with van der Waals surface area (Å²) >= 11 is 0. The number of ether oxygens (including phenoxy) is 1. The lowest BCUT2D eigenvalue weighted by Gasteiger charge is -2.08.